The van der Waals surface area contributed by atoms with E-state index in [9.17, 15) is 20.0 Å². The number of halogens is 1. The van der Waals surface area contributed by atoms with Crippen LogP contribution in [0.2, 0.25) is 5.15 Å². The predicted octanol–water partition coefficient (Wildman–Crippen LogP) is 2.28. The Hall–Kier alpha value is -2.67. The second kappa shape index (κ2) is 6.19. The van der Waals surface area contributed by atoms with Gasteiger partial charge < -0.3 is 10.4 Å². The number of aromatic nitrogens is 1. The first-order chi connectivity index (χ1) is 9.99. The molecule has 1 aromatic carbocycles. The number of benzene rings is 1. The highest BCUT2D eigenvalue weighted by Gasteiger charge is 2.21. The maximum Gasteiger partial charge on any atom is 0.300 e. The number of para-hydroxylation sites is 1. The van der Waals surface area contributed by atoms with Gasteiger partial charge in [0.25, 0.3) is 11.6 Å². The van der Waals surface area contributed by atoms with E-state index in [0.29, 0.717) is 5.56 Å². The standard InChI is InChI=1S/C13H10ClN3O4/c14-12-5-9(10(7-15-12)17(20)21)13(19)16-6-8-3-1-2-4-11(8)18/h1-5,7,18H,6H2,(H,16,19). The van der Waals surface area contributed by atoms with Crippen LogP contribution in [-0.4, -0.2) is 20.9 Å². The van der Waals surface area contributed by atoms with Gasteiger partial charge in [0.2, 0.25) is 0 Å². The van der Waals surface area contributed by atoms with E-state index in [1.54, 1.807) is 18.2 Å². The molecule has 0 aliphatic rings. The zero-order chi connectivity index (χ0) is 15.4. The van der Waals surface area contributed by atoms with E-state index in [-0.39, 0.29) is 23.0 Å². The molecule has 7 nitrogen and oxygen atoms in total. The third kappa shape index (κ3) is 3.46. The Balaban J connectivity index is 2.19. The predicted molar refractivity (Wildman–Crippen MR) is 75.2 cm³/mol. The van der Waals surface area contributed by atoms with Crippen LogP contribution in [0.3, 0.4) is 0 Å². The molecule has 8 heteroatoms. The van der Waals surface area contributed by atoms with Crippen molar-refractivity contribution >= 4 is 23.2 Å². The zero-order valence-electron chi connectivity index (χ0n) is 10.6. The summed E-state index contributed by atoms with van der Waals surface area (Å²) in [6.07, 6.45) is 0.928. The number of nitrogens with one attached hydrogen (secondary N) is 1. The van der Waals surface area contributed by atoms with Gasteiger partial charge in [0.05, 0.1) is 4.92 Å². The van der Waals surface area contributed by atoms with E-state index in [1.165, 1.54) is 6.07 Å². The Morgan fingerprint density at radius 1 is 1.43 bits per heavy atom. The summed E-state index contributed by atoms with van der Waals surface area (Å²) in [4.78, 5) is 25.8. The lowest BCUT2D eigenvalue weighted by atomic mass is 10.2. The molecule has 0 unspecified atom stereocenters. The average Bonchev–Trinajstić information content (AvgIpc) is 2.45. The topological polar surface area (TPSA) is 105 Å². The fraction of sp³-hybridized carbons (Fsp3) is 0.0769. The van der Waals surface area contributed by atoms with E-state index >= 15 is 0 Å². The molecular weight excluding hydrogens is 298 g/mol. The fourth-order valence-corrected chi connectivity index (χ4v) is 1.84. The molecule has 1 heterocycles. The molecule has 0 fully saturated rings. The van der Waals surface area contributed by atoms with Crippen LogP contribution in [0.25, 0.3) is 0 Å². The van der Waals surface area contributed by atoms with Crippen LogP contribution < -0.4 is 5.32 Å². The Labute approximate surface area is 124 Å². The van der Waals surface area contributed by atoms with Crippen molar-refractivity contribution in [2.75, 3.05) is 0 Å². The second-order valence-corrected chi connectivity index (χ2v) is 4.48. The van der Waals surface area contributed by atoms with Gasteiger partial charge >= 0.3 is 0 Å². The number of rotatable bonds is 4. The number of carbonyl (C=O) groups excluding carboxylic acids is 1. The summed E-state index contributed by atoms with van der Waals surface area (Å²) in [6, 6.07) is 7.58. The number of phenols is 1. The zero-order valence-corrected chi connectivity index (χ0v) is 11.4. The van der Waals surface area contributed by atoms with Gasteiger partial charge in [-0.1, -0.05) is 29.8 Å². The molecule has 2 N–H and O–H groups in total. The molecule has 2 rings (SSSR count). The normalized spacial score (nSPS) is 10.1. The molecule has 1 amide bonds. The van der Waals surface area contributed by atoms with E-state index in [1.807, 2.05) is 0 Å². The van der Waals surface area contributed by atoms with Gasteiger partial charge in [-0.3, -0.25) is 14.9 Å². The Morgan fingerprint density at radius 2 is 2.14 bits per heavy atom. The molecule has 21 heavy (non-hydrogen) atoms. The first-order valence-corrected chi connectivity index (χ1v) is 6.22. The molecule has 0 spiro atoms. The van der Waals surface area contributed by atoms with Gasteiger partial charge in [0.15, 0.2) is 0 Å². The molecule has 108 valence electrons. The maximum absolute atomic E-state index is 12.0. The van der Waals surface area contributed by atoms with E-state index in [2.05, 4.69) is 10.3 Å². The number of nitro groups is 1. The van der Waals surface area contributed by atoms with Crippen LogP contribution in [-0.2, 0) is 6.54 Å². The summed E-state index contributed by atoms with van der Waals surface area (Å²) in [7, 11) is 0. The van der Waals surface area contributed by atoms with Crippen molar-refractivity contribution in [1.29, 1.82) is 0 Å². The first kappa shape index (κ1) is 14.7. The molecule has 0 radical (unpaired) electrons. The Kier molecular flexibility index (Phi) is 4.34. The quantitative estimate of drug-likeness (QED) is 0.512. The minimum absolute atomic E-state index is 0.0201. The van der Waals surface area contributed by atoms with Crippen molar-refractivity contribution in [3.8, 4) is 5.75 Å². The fourth-order valence-electron chi connectivity index (χ4n) is 1.68. The molecule has 0 aliphatic heterocycles. The average molecular weight is 308 g/mol. The molecule has 0 saturated heterocycles. The molecule has 0 atom stereocenters. The molecule has 0 saturated carbocycles. The van der Waals surface area contributed by atoms with Crippen molar-refractivity contribution in [2.45, 2.75) is 6.54 Å². The summed E-state index contributed by atoms with van der Waals surface area (Å²) in [6.45, 7) is 0.0304. The molecule has 1 aromatic heterocycles. The first-order valence-electron chi connectivity index (χ1n) is 5.84. The number of pyridine rings is 1. The summed E-state index contributed by atoms with van der Waals surface area (Å²) < 4.78 is 0. The summed E-state index contributed by atoms with van der Waals surface area (Å²) in [5, 5.41) is 22.9. The molecule has 0 aliphatic carbocycles. The monoisotopic (exact) mass is 307 g/mol. The molecule has 0 bridgehead atoms. The lowest BCUT2D eigenvalue weighted by Gasteiger charge is -2.07. The van der Waals surface area contributed by atoms with Crippen molar-refractivity contribution in [3.05, 3.63) is 62.9 Å². The van der Waals surface area contributed by atoms with Gasteiger partial charge in [-0.05, 0) is 12.1 Å². The summed E-state index contributed by atoms with van der Waals surface area (Å²) in [5.74, 6) is -0.644. The van der Waals surface area contributed by atoms with Gasteiger partial charge in [0.1, 0.15) is 22.7 Å². The SMILES string of the molecule is O=C(NCc1ccccc1O)c1cc(Cl)ncc1[N+](=O)[O-]. The molecular formula is C13H10ClN3O4. The van der Waals surface area contributed by atoms with Crippen molar-refractivity contribution in [1.82, 2.24) is 10.3 Å². The highest BCUT2D eigenvalue weighted by molar-refractivity contribution is 6.29. The van der Waals surface area contributed by atoms with Crippen LogP contribution in [0, 0.1) is 10.1 Å². The number of hydrogen-bond acceptors (Lipinski definition) is 5. The van der Waals surface area contributed by atoms with Gasteiger partial charge in [0, 0.05) is 12.1 Å². The minimum Gasteiger partial charge on any atom is -0.508 e. The number of nitrogens with zero attached hydrogens (tertiary/aromatic N) is 2. The summed E-state index contributed by atoms with van der Waals surface area (Å²) in [5.41, 5.74) is -0.127. The second-order valence-electron chi connectivity index (χ2n) is 4.09. The molecule has 2 aromatic rings. The Morgan fingerprint density at radius 3 is 2.81 bits per heavy atom. The maximum atomic E-state index is 12.0. The van der Waals surface area contributed by atoms with Crippen molar-refractivity contribution < 1.29 is 14.8 Å². The van der Waals surface area contributed by atoms with E-state index in [4.69, 9.17) is 11.6 Å². The highest BCUT2D eigenvalue weighted by Crippen LogP contribution is 2.21. The van der Waals surface area contributed by atoms with Gasteiger partial charge in [-0.2, -0.15) is 0 Å². The highest BCUT2D eigenvalue weighted by atomic mass is 35.5. The number of amides is 1. The van der Waals surface area contributed by atoms with Crippen molar-refractivity contribution in [3.63, 3.8) is 0 Å². The van der Waals surface area contributed by atoms with Crippen LogP contribution in [0.4, 0.5) is 5.69 Å². The van der Waals surface area contributed by atoms with E-state index < -0.39 is 16.5 Å². The van der Waals surface area contributed by atoms with Gasteiger partial charge in [-0.25, -0.2) is 4.98 Å². The third-order valence-corrected chi connectivity index (χ3v) is 2.93. The smallest absolute Gasteiger partial charge is 0.300 e. The van der Waals surface area contributed by atoms with Crippen LogP contribution in [0.5, 0.6) is 5.75 Å². The van der Waals surface area contributed by atoms with Crippen LogP contribution >= 0.6 is 11.6 Å². The van der Waals surface area contributed by atoms with Crippen LogP contribution in [0.1, 0.15) is 15.9 Å². The van der Waals surface area contributed by atoms with Crippen molar-refractivity contribution in [2.24, 2.45) is 0 Å². The number of aromatic hydroxyl groups is 1. The van der Waals surface area contributed by atoms with Gasteiger partial charge in [-0.15, -0.1) is 0 Å². The number of carbonyl (C=O) groups is 1. The number of hydrogen-bond donors (Lipinski definition) is 2. The lowest BCUT2D eigenvalue weighted by Crippen LogP contribution is -2.23. The third-order valence-electron chi connectivity index (χ3n) is 2.72. The minimum atomic E-state index is -0.710. The lowest BCUT2D eigenvalue weighted by molar-refractivity contribution is -0.385. The van der Waals surface area contributed by atoms with E-state index in [0.717, 1.165) is 12.3 Å². The largest absolute Gasteiger partial charge is 0.508 e. The number of phenolic OH excluding ortho intramolecular Hbond substituents is 1. The van der Waals surface area contributed by atoms with Crippen LogP contribution in [0.15, 0.2) is 36.5 Å². The Bertz CT molecular complexity index is 706. The summed E-state index contributed by atoms with van der Waals surface area (Å²) >= 11 is 5.65.